The zero-order valence-corrected chi connectivity index (χ0v) is 13.3. The van der Waals surface area contributed by atoms with Crippen molar-refractivity contribution in [2.75, 3.05) is 13.2 Å². The van der Waals surface area contributed by atoms with E-state index in [2.05, 4.69) is 0 Å². The molecule has 0 amide bonds. The third-order valence-corrected chi connectivity index (χ3v) is 4.30. The van der Waals surface area contributed by atoms with Crippen LogP contribution >= 0.6 is 0 Å². The standard InChI is InChI=1S/C19H24O4/c20-14-8-6-10-16-18(14)19-15(21)9-7-11-17(19)23-13-5-3-1-2-4-12-22-16/h6-8,10-11,15,20-21H,1-5,9,12-13H2/t15-/m0/s1. The Hall–Kier alpha value is -1.94. The first-order valence-corrected chi connectivity index (χ1v) is 8.44. The molecule has 1 aromatic rings. The van der Waals surface area contributed by atoms with Crippen molar-refractivity contribution in [3.05, 3.63) is 41.7 Å². The molecule has 0 spiro atoms. The maximum Gasteiger partial charge on any atom is 0.130 e. The topological polar surface area (TPSA) is 58.9 Å². The lowest BCUT2D eigenvalue weighted by atomic mass is 9.92. The van der Waals surface area contributed by atoms with Gasteiger partial charge in [-0.05, 0) is 37.5 Å². The fraction of sp³-hybridized carbons (Fsp3) is 0.474. The van der Waals surface area contributed by atoms with Gasteiger partial charge in [-0.2, -0.15) is 0 Å². The number of allylic oxidation sites excluding steroid dienone is 1. The van der Waals surface area contributed by atoms with Gasteiger partial charge >= 0.3 is 0 Å². The molecule has 0 saturated carbocycles. The van der Waals surface area contributed by atoms with Gasteiger partial charge in [0.05, 0.1) is 24.9 Å². The molecule has 1 atom stereocenters. The van der Waals surface area contributed by atoms with Crippen LogP contribution in [0.3, 0.4) is 0 Å². The van der Waals surface area contributed by atoms with Crippen molar-refractivity contribution in [3.63, 3.8) is 0 Å². The van der Waals surface area contributed by atoms with Crippen molar-refractivity contribution >= 4 is 5.57 Å². The summed E-state index contributed by atoms with van der Waals surface area (Å²) in [6, 6.07) is 5.22. The molecule has 1 aliphatic heterocycles. The van der Waals surface area contributed by atoms with E-state index in [1.165, 1.54) is 6.42 Å². The first-order chi connectivity index (χ1) is 11.3. The van der Waals surface area contributed by atoms with Gasteiger partial charge in [0.2, 0.25) is 0 Å². The molecule has 1 aromatic carbocycles. The first kappa shape index (κ1) is 15.9. The maximum atomic E-state index is 10.5. The molecule has 1 aliphatic carbocycles. The van der Waals surface area contributed by atoms with Crippen molar-refractivity contribution in [1.29, 1.82) is 0 Å². The minimum atomic E-state index is -0.698. The Balaban J connectivity index is 2.05. The highest BCUT2D eigenvalue weighted by Crippen LogP contribution is 2.40. The molecule has 2 aliphatic rings. The average molecular weight is 316 g/mol. The van der Waals surface area contributed by atoms with E-state index >= 15 is 0 Å². The minimum absolute atomic E-state index is 0.114. The lowest BCUT2D eigenvalue weighted by molar-refractivity contribution is 0.195. The molecule has 0 unspecified atom stereocenters. The Bertz CT molecular complexity index is 603. The van der Waals surface area contributed by atoms with E-state index in [9.17, 15) is 10.2 Å². The Kier molecular flexibility index (Phi) is 5.23. The summed E-state index contributed by atoms with van der Waals surface area (Å²) in [5.74, 6) is 1.35. The number of aromatic hydroxyl groups is 1. The highest BCUT2D eigenvalue weighted by Gasteiger charge is 2.26. The monoisotopic (exact) mass is 316 g/mol. The van der Waals surface area contributed by atoms with Gasteiger partial charge in [0, 0.05) is 5.57 Å². The predicted octanol–water partition coefficient (Wildman–Crippen LogP) is 3.78. The number of ether oxygens (including phenoxy) is 2. The van der Waals surface area contributed by atoms with Gasteiger partial charge < -0.3 is 19.7 Å². The molecule has 124 valence electrons. The number of aliphatic hydroxyl groups is 1. The van der Waals surface area contributed by atoms with Crippen LogP contribution in [0.25, 0.3) is 5.57 Å². The van der Waals surface area contributed by atoms with Crippen LogP contribution in [0, 0.1) is 0 Å². The van der Waals surface area contributed by atoms with Gasteiger partial charge in [0.15, 0.2) is 0 Å². The summed E-state index contributed by atoms with van der Waals surface area (Å²) in [5, 5.41) is 20.8. The van der Waals surface area contributed by atoms with E-state index in [1.54, 1.807) is 12.1 Å². The normalized spacial score (nSPS) is 22.6. The molecular formula is C19H24O4. The second-order valence-corrected chi connectivity index (χ2v) is 6.05. The highest BCUT2D eigenvalue weighted by molar-refractivity contribution is 5.81. The summed E-state index contributed by atoms with van der Waals surface area (Å²) in [6.45, 7) is 1.24. The number of fused-ring (bicyclic) bond motifs is 2. The quantitative estimate of drug-likeness (QED) is 0.764. The van der Waals surface area contributed by atoms with Crippen LogP contribution in [0.2, 0.25) is 0 Å². The minimum Gasteiger partial charge on any atom is -0.507 e. The van der Waals surface area contributed by atoms with E-state index in [0.29, 0.717) is 42.3 Å². The zero-order chi connectivity index (χ0) is 16.1. The second-order valence-electron chi connectivity index (χ2n) is 6.05. The van der Waals surface area contributed by atoms with Crippen LogP contribution in [-0.2, 0) is 4.74 Å². The Labute approximate surface area is 137 Å². The van der Waals surface area contributed by atoms with Crippen LogP contribution in [0.15, 0.2) is 36.1 Å². The third kappa shape index (κ3) is 3.70. The third-order valence-electron chi connectivity index (χ3n) is 4.30. The Morgan fingerprint density at radius 2 is 1.70 bits per heavy atom. The molecule has 0 saturated heterocycles. The Morgan fingerprint density at radius 3 is 2.52 bits per heavy atom. The van der Waals surface area contributed by atoms with E-state index in [1.807, 2.05) is 18.2 Å². The summed E-state index contributed by atoms with van der Waals surface area (Å²) in [5.41, 5.74) is 1.18. The number of phenolic OH excluding ortho intramolecular Hbond substituents is 1. The van der Waals surface area contributed by atoms with Crippen LogP contribution in [0.4, 0.5) is 0 Å². The summed E-state index contributed by atoms with van der Waals surface area (Å²) in [4.78, 5) is 0. The predicted molar refractivity (Wildman–Crippen MR) is 89.3 cm³/mol. The van der Waals surface area contributed by atoms with Crippen molar-refractivity contribution in [1.82, 2.24) is 0 Å². The molecular weight excluding hydrogens is 292 g/mol. The van der Waals surface area contributed by atoms with E-state index in [-0.39, 0.29) is 5.75 Å². The van der Waals surface area contributed by atoms with Gasteiger partial charge in [-0.3, -0.25) is 0 Å². The number of aliphatic hydroxyl groups excluding tert-OH is 1. The van der Waals surface area contributed by atoms with Crippen LogP contribution < -0.4 is 4.74 Å². The average Bonchev–Trinajstić information content (AvgIpc) is 2.56. The largest absolute Gasteiger partial charge is 0.507 e. The zero-order valence-electron chi connectivity index (χ0n) is 13.3. The molecule has 23 heavy (non-hydrogen) atoms. The number of rotatable bonds is 0. The molecule has 0 radical (unpaired) electrons. The number of hydrogen-bond acceptors (Lipinski definition) is 4. The van der Waals surface area contributed by atoms with Crippen molar-refractivity contribution < 1.29 is 19.7 Å². The summed E-state index contributed by atoms with van der Waals surface area (Å²) in [6.07, 6.45) is 9.02. The fourth-order valence-electron chi connectivity index (χ4n) is 3.10. The summed E-state index contributed by atoms with van der Waals surface area (Å²) >= 11 is 0. The second kappa shape index (κ2) is 7.55. The van der Waals surface area contributed by atoms with Crippen molar-refractivity contribution in [2.45, 2.75) is 44.6 Å². The van der Waals surface area contributed by atoms with E-state index in [0.717, 1.165) is 25.7 Å². The molecule has 2 N–H and O–H groups in total. The van der Waals surface area contributed by atoms with Crippen LogP contribution in [-0.4, -0.2) is 29.5 Å². The van der Waals surface area contributed by atoms with Gasteiger partial charge in [-0.1, -0.05) is 31.4 Å². The molecule has 4 heteroatoms. The maximum absolute atomic E-state index is 10.5. The molecule has 4 nitrogen and oxygen atoms in total. The molecule has 3 rings (SSSR count). The first-order valence-electron chi connectivity index (χ1n) is 8.44. The van der Waals surface area contributed by atoms with Crippen LogP contribution in [0.1, 0.15) is 44.1 Å². The lowest BCUT2D eigenvalue weighted by Gasteiger charge is -2.24. The molecule has 1 heterocycles. The smallest absolute Gasteiger partial charge is 0.130 e. The van der Waals surface area contributed by atoms with E-state index in [4.69, 9.17) is 9.47 Å². The van der Waals surface area contributed by atoms with Crippen LogP contribution in [0.5, 0.6) is 11.5 Å². The van der Waals surface area contributed by atoms with Gasteiger partial charge in [-0.25, -0.2) is 0 Å². The van der Waals surface area contributed by atoms with Gasteiger partial charge in [0.25, 0.3) is 0 Å². The fourth-order valence-corrected chi connectivity index (χ4v) is 3.10. The number of phenols is 1. The number of hydrogen-bond donors (Lipinski definition) is 2. The highest BCUT2D eigenvalue weighted by atomic mass is 16.5. The van der Waals surface area contributed by atoms with Crippen molar-refractivity contribution in [3.8, 4) is 11.5 Å². The van der Waals surface area contributed by atoms with Crippen molar-refractivity contribution in [2.24, 2.45) is 0 Å². The molecule has 0 aromatic heterocycles. The summed E-state index contributed by atoms with van der Waals surface area (Å²) < 4.78 is 11.8. The SMILES string of the molecule is Oc1cccc2c1C1=C(C=CC[C@@H]1O)OCCCCCCCO2. The van der Waals surface area contributed by atoms with E-state index < -0.39 is 6.10 Å². The van der Waals surface area contributed by atoms with Gasteiger partial charge in [0.1, 0.15) is 17.3 Å². The van der Waals surface area contributed by atoms with Gasteiger partial charge in [-0.15, -0.1) is 0 Å². The lowest BCUT2D eigenvalue weighted by Crippen LogP contribution is -2.16. The summed E-state index contributed by atoms with van der Waals surface area (Å²) in [7, 11) is 0. The molecule has 0 bridgehead atoms. The number of benzene rings is 1. The molecule has 0 fully saturated rings. The Morgan fingerprint density at radius 1 is 0.957 bits per heavy atom.